The molecule has 4 rings (SSSR count). The molecule has 210 valence electrons. The molecule has 2 aliphatic rings. The summed E-state index contributed by atoms with van der Waals surface area (Å²) in [6.07, 6.45) is 5.26. The number of carbonyl (C=O) groups excluding carboxylic acids is 2. The van der Waals surface area contributed by atoms with Crippen LogP contribution in [0.2, 0.25) is 0 Å². The van der Waals surface area contributed by atoms with Crippen LogP contribution in [0.3, 0.4) is 0 Å². The van der Waals surface area contributed by atoms with E-state index in [2.05, 4.69) is 35.3 Å². The first-order chi connectivity index (χ1) is 19.2. The zero-order valence-electron chi connectivity index (χ0n) is 22.7. The molecule has 5 nitrogen and oxygen atoms in total. The molecule has 2 N–H and O–H groups in total. The Hall–Kier alpha value is -3.75. The Bertz CT molecular complexity index is 1340. The molecule has 0 aromatic heterocycles. The van der Waals surface area contributed by atoms with E-state index in [9.17, 15) is 22.8 Å². The number of terminal acetylenes is 1. The molecule has 0 atom stereocenters. The lowest BCUT2D eigenvalue weighted by Crippen LogP contribution is -2.26. The van der Waals surface area contributed by atoms with Gasteiger partial charge in [-0.25, -0.2) is 0 Å². The molecule has 0 spiro atoms. The molecule has 0 unspecified atom stereocenters. The highest BCUT2D eigenvalue weighted by atomic mass is 19.4. The minimum absolute atomic E-state index is 0.0204. The van der Waals surface area contributed by atoms with Gasteiger partial charge in [0.25, 0.3) is 11.8 Å². The highest BCUT2D eigenvalue weighted by molar-refractivity contribution is 6.10. The average Bonchev–Trinajstić information content (AvgIpc) is 3.24. The Kier molecular flexibility index (Phi) is 9.55. The first kappa shape index (κ1) is 29.2. The number of anilines is 1. The summed E-state index contributed by atoms with van der Waals surface area (Å²) in [6, 6.07) is 10.3. The summed E-state index contributed by atoms with van der Waals surface area (Å²) in [6.45, 7) is 3.12. The quantitative estimate of drug-likeness (QED) is 0.292. The number of fused-ring (bicyclic) bond motifs is 1. The van der Waals surface area contributed by atoms with Crippen molar-refractivity contribution in [1.29, 1.82) is 0 Å². The second-order valence-corrected chi connectivity index (χ2v) is 10.6. The van der Waals surface area contributed by atoms with Crippen LogP contribution in [-0.2, 0) is 24.1 Å². The van der Waals surface area contributed by atoms with E-state index in [1.807, 2.05) is 18.2 Å². The second kappa shape index (κ2) is 13.1. The molecule has 2 aromatic rings. The molecular weight excluding hydrogens is 515 g/mol. The molecule has 8 heteroatoms. The first-order valence-electron chi connectivity index (χ1n) is 13.7. The summed E-state index contributed by atoms with van der Waals surface area (Å²) in [5.74, 6) is 8.11. The average molecular weight is 550 g/mol. The number of halogens is 3. The first-order valence-corrected chi connectivity index (χ1v) is 13.7. The molecule has 0 saturated heterocycles. The highest BCUT2D eigenvalue weighted by Gasteiger charge is 2.40. The van der Waals surface area contributed by atoms with Crippen LogP contribution in [-0.4, -0.2) is 24.9 Å². The van der Waals surface area contributed by atoms with E-state index in [4.69, 9.17) is 6.42 Å². The molecule has 2 amide bonds. The van der Waals surface area contributed by atoms with Crippen molar-refractivity contribution in [2.45, 2.75) is 70.6 Å². The standard InChI is InChI=1S/C32H34F3N3O2/c1-3-4-5-6-7-12-30(39)37-14-9-13-36-20-23-17-27-28(29(18-23)32(33,34)35)21-38(31(27)40)26-11-8-10-24(19-26)25-15-22(2)16-25/h1,8,10-11,17-19,22,25,36H,4-6,9,13-16,20-21H2,2H3,(H,37,39). The summed E-state index contributed by atoms with van der Waals surface area (Å²) >= 11 is 0. The predicted molar refractivity (Wildman–Crippen MR) is 149 cm³/mol. The van der Waals surface area contributed by atoms with Gasteiger partial charge in [-0.2, -0.15) is 13.2 Å². The van der Waals surface area contributed by atoms with Gasteiger partial charge in [0.15, 0.2) is 0 Å². The SMILES string of the molecule is C#CCCCC#CC(=O)NCCCNCc1cc2c(c(C(F)(F)F)c1)CN(c1cccc(C3CC(C)C3)c1)C2=O. The smallest absolute Gasteiger partial charge is 0.345 e. The number of benzene rings is 2. The fourth-order valence-electron chi connectivity index (χ4n) is 5.27. The van der Waals surface area contributed by atoms with Gasteiger partial charge in [-0.05, 0) is 90.9 Å². The summed E-state index contributed by atoms with van der Waals surface area (Å²) < 4.78 is 42.1. The summed E-state index contributed by atoms with van der Waals surface area (Å²) in [7, 11) is 0. The molecular formula is C32H34F3N3O2. The monoisotopic (exact) mass is 549 g/mol. The van der Waals surface area contributed by atoms with Gasteiger partial charge < -0.3 is 15.5 Å². The minimum atomic E-state index is -4.58. The second-order valence-electron chi connectivity index (χ2n) is 10.6. The van der Waals surface area contributed by atoms with Crippen molar-refractivity contribution in [2.75, 3.05) is 18.0 Å². The number of nitrogens with zero attached hydrogens (tertiary/aromatic N) is 1. The fraction of sp³-hybridized carbons (Fsp3) is 0.438. The van der Waals surface area contributed by atoms with Crippen LogP contribution in [0.15, 0.2) is 36.4 Å². The van der Waals surface area contributed by atoms with Gasteiger partial charge in [-0.1, -0.05) is 25.0 Å². The molecule has 1 fully saturated rings. The van der Waals surface area contributed by atoms with Gasteiger partial charge >= 0.3 is 6.18 Å². The maximum absolute atomic E-state index is 14.0. The van der Waals surface area contributed by atoms with E-state index >= 15 is 0 Å². The maximum Gasteiger partial charge on any atom is 0.416 e. The highest BCUT2D eigenvalue weighted by Crippen LogP contribution is 2.43. The van der Waals surface area contributed by atoms with E-state index < -0.39 is 17.6 Å². The van der Waals surface area contributed by atoms with Crippen molar-refractivity contribution in [2.24, 2.45) is 5.92 Å². The number of hydrogen-bond donors (Lipinski definition) is 2. The van der Waals surface area contributed by atoms with E-state index in [1.54, 1.807) is 12.1 Å². The van der Waals surface area contributed by atoms with Gasteiger partial charge in [0, 0.05) is 37.2 Å². The largest absolute Gasteiger partial charge is 0.416 e. The number of carbonyl (C=O) groups is 2. The summed E-state index contributed by atoms with van der Waals surface area (Å²) in [5, 5.41) is 5.80. The lowest BCUT2D eigenvalue weighted by atomic mass is 9.72. The van der Waals surface area contributed by atoms with Crippen molar-refractivity contribution < 1.29 is 22.8 Å². The number of unbranched alkanes of at least 4 members (excludes halogenated alkanes) is 2. The van der Waals surface area contributed by atoms with Crippen LogP contribution in [0.5, 0.6) is 0 Å². The molecule has 1 heterocycles. The van der Waals surface area contributed by atoms with Crippen molar-refractivity contribution in [3.05, 3.63) is 64.2 Å². The molecule has 1 aliphatic heterocycles. The van der Waals surface area contributed by atoms with E-state index in [1.165, 1.54) is 4.90 Å². The number of nitrogens with one attached hydrogen (secondary N) is 2. The Morgan fingerprint density at radius 1 is 1.12 bits per heavy atom. The summed E-state index contributed by atoms with van der Waals surface area (Å²) in [4.78, 5) is 26.5. The van der Waals surface area contributed by atoms with Crippen molar-refractivity contribution >= 4 is 17.5 Å². The number of hydrogen-bond acceptors (Lipinski definition) is 3. The fourth-order valence-corrected chi connectivity index (χ4v) is 5.27. The molecule has 2 aromatic carbocycles. The van der Waals surface area contributed by atoms with Crippen molar-refractivity contribution in [3.63, 3.8) is 0 Å². The normalized spacial score (nSPS) is 17.9. The predicted octanol–water partition coefficient (Wildman–Crippen LogP) is 5.78. The molecule has 40 heavy (non-hydrogen) atoms. The maximum atomic E-state index is 14.0. The zero-order valence-corrected chi connectivity index (χ0v) is 22.7. The Balaban J connectivity index is 1.35. The van der Waals surface area contributed by atoms with Crippen molar-refractivity contribution in [3.8, 4) is 24.2 Å². The van der Waals surface area contributed by atoms with Crippen LogP contribution in [0.25, 0.3) is 0 Å². The van der Waals surface area contributed by atoms with Crippen LogP contribution < -0.4 is 15.5 Å². The third kappa shape index (κ3) is 7.25. The van der Waals surface area contributed by atoms with Crippen LogP contribution >= 0.6 is 0 Å². The van der Waals surface area contributed by atoms with Crippen molar-refractivity contribution in [1.82, 2.24) is 10.6 Å². The molecule has 1 saturated carbocycles. The lowest BCUT2D eigenvalue weighted by Gasteiger charge is -2.33. The van der Waals surface area contributed by atoms with E-state index in [0.717, 1.165) is 30.9 Å². The number of alkyl halides is 3. The lowest BCUT2D eigenvalue weighted by molar-refractivity contribution is -0.138. The molecule has 1 aliphatic carbocycles. The van der Waals surface area contributed by atoms with E-state index in [0.29, 0.717) is 55.4 Å². The molecule has 0 radical (unpaired) electrons. The third-order valence-corrected chi connectivity index (χ3v) is 7.40. The van der Waals surface area contributed by atoms with Gasteiger partial charge in [0.05, 0.1) is 12.1 Å². The van der Waals surface area contributed by atoms with Gasteiger partial charge in [0.2, 0.25) is 0 Å². The van der Waals surface area contributed by atoms with Crippen LogP contribution in [0.1, 0.15) is 84.0 Å². The van der Waals surface area contributed by atoms with Gasteiger partial charge in [-0.15, -0.1) is 12.3 Å². The molecule has 0 bridgehead atoms. The summed E-state index contributed by atoms with van der Waals surface area (Å²) in [5.41, 5.74) is 1.50. The van der Waals surface area contributed by atoms with Gasteiger partial charge in [-0.3, -0.25) is 9.59 Å². The van der Waals surface area contributed by atoms with Crippen LogP contribution in [0, 0.1) is 30.1 Å². The Morgan fingerprint density at radius 3 is 2.65 bits per heavy atom. The number of amides is 2. The van der Waals surface area contributed by atoms with E-state index in [-0.39, 0.29) is 30.1 Å². The third-order valence-electron chi connectivity index (χ3n) is 7.40. The Morgan fingerprint density at radius 2 is 1.93 bits per heavy atom. The van der Waals surface area contributed by atoms with Gasteiger partial charge in [0.1, 0.15) is 0 Å². The zero-order chi connectivity index (χ0) is 28.7. The Labute approximate surface area is 233 Å². The number of rotatable bonds is 10. The van der Waals surface area contributed by atoms with Crippen LogP contribution in [0.4, 0.5) is 18.9 Å². The topological polar surface area (TPSA) is 61.4 Å². The minimum Gasteiger partial charge on any atom is -0.345 e.